The molecule has 0 aliphatic heterocycles. The summed E-state index contributed by atoms with van der Waals surface area (Å²) in [5, 5.41) is 23.4. The van der Waals surface area contributed by atoms with Crippen LogP contribution >= 0.6 is 0 Å². The van der Waals surface area contributed by atoms with Crippen molar-refractivity contribution in [3.8, 4) is 0 Å². The lowest BCUT2D eigenvalue weighted by Crippen LogP contribution is -2.32. The lowest BCUT2D eigenvalue weighted by atomic mass is 10.0. The van der Waals surface area contributed by atoms with Crippen molar-refractivity contribution in [3.05, 3.63) is 33.6 Å². The molecule has 0 aromatic heterocycles. The summed E-state index contributed by atoms with van der Waals surface area (Å²) in [6, 6.07) is 2.26. The molecule has 0 saturated carbocycles. The minimum Gasteiger partial charge on any atom is -0.388 e. The van der Waals surface area contributed by atoms with Crippen LogP contribution in [0.4, 0.5) is 15.8 Å². The van der Waals surface area contributed by atoms with Crippen LogP contribution in [-0.4, -0.2) is 22.2 Å². The second-order valence-corrected chi connectivity index (χ2v) is 4.58. The molecular formula is C12H17FN2O3. The van der Waals surface area contributed by atoms with Crippen molar-refractivity contribution >= 4 is 11.4 Å². The fourth-order valence-corrected chi connectivity index (χ4v) is 1.37. The Labute approximate surface area is 105 Å². The lowest BCUT2D eigenvalue weighted by Gasteiger charge is -2.22. The van der Waals surface area contributed by atoms with Crippen molar-refractivity contribution in [3.63, 3.8) is 0 Å². The molecule has 0 fully saturated rings. The van der Waals surface area contributed by atoms with Crippen molar-refractivity contribution in [2.24, 2.45) is 0 Å². The minimum atomic E-state index is -0.962. The van der Waals surface area contributed by atoms with Gasteiger partial charge in [-0.15, -0.1) is 0 Å². The average molecular weight is 256 g/mol. The maximum atomic E-state index is 13.3. The molecule has 100 valence electrons. The molecule has 18 heavy (non-hydrogen) atoms. The number of hydrogen-bond acceptors (Lipinski definition) is 4. The predicted molar refractivity (Wildman–Crippen MR) is 67.2 cm³/mol. The maximum Gasteiger partial charge on any atom is 0.295 e. The molecular weight excluding hydrogens is 239 g/mol. The first kappa shape index (κ1) is 14.4. The highest BCUT2D eigenvalue weighted by atomic mass is 19.1. The van der Waals surface area contributed by atoms with E-state index in [0.717, 1.165) is 6.07 Å². The van der Waals surface area contributed by atoms with Gasteiger partial charge in [-0.25, -0.2) is 4.39 Å². The summed E-state index contributed by atoms with van der Waals surface area (Å²) in [5.41, 5.74) is -0.757. The van der Waals surface area contributed by atoms with E-state index in [1.807, 2.05) is 6.92 Å². The molecule has 1 unspecified atom stereocenters. The van der Waals surface area contributed by atoms with Crippen LogP contribution in [0.5, 0.6) is 0 Å². The summed E-state index contributed by atoms with van der Waals surface area (Å²) in [4.78, 5) is 10.2. The van der Waals surface area contributed by atoms with Gasteiger partial charge < -0.3 is 10.4 Å². The van der Waals surface area contributed by atoms with Crippen LogP contribution in [0, 0.1) is 22.9 Å². The van der Waals surface area contributed by atoms with Crippen LogP contribution in [-0.2, 0) is 0 Å². The van der Waals surface area contributed by atoms with Crippen LogP contribution in [0.1, 0.15) is 25.8 Å². The van der Waals surface area contributed by atoms with Crippen LogP contribution < -0.4 is 5.32 Å². The summed E-state index contributed by atoms with van der Waals surface area (Å²) in [5.74, 6) is -0.616. The SMILES string of the molecule is CCC(C)(O)CNc1cc(C)c(F)cc1[N+](=O)[O-]. The first-order chi connectivity index (χ1) is 8.26. The standard InChI is InChI=1S/C12H17FN2O3/c1-4-12(3,16)7-14-10-5-8(2)9(13)6-11(10)15(17)18/h5-6,14,16H,4,7H2,1-3H3. The zero-order valence-corrected chi connectivity index (χ0v) is 10.7. The number of anilines is 1. The minimum absolute atomic E-state index is 0.162. The summed E-state index contributed by atoms with van der Waals surface area (Å²) in [6.45, 7) is 5.13. The second kappa shape index (κ2) is 5.30. The predicted octanol–water partition coefficient (Wildman–Crippen LogP) is 2.62. The third-order valence-corrected chi connectivity index (χ3v) is 2.89. The molecule has 0 heterocycles. The first-order valence-electron chi connectivity index (χ1n) is 5.67. The van der Waals surface area contributed by atoms with E-state index in [-0.39, 0.29) is 17.9 Å². The Bertz CT molecular complexity index is 461. The molecule has 1 aromatic carbocycles. The van der Waals surface area contributed by atoms with Gasteiger partial charge >= 0.3 is 0 Å². The molecule has 1 rings (SSSR count). The van der Waals surface area contributed by atoms with Gasteiger partial charge in [0.1, 0.15) is 11.5 Å². The smallest absolute Gasteiger partial charge is 0.295 e. The van der Waals surface area contributed by atoms with Crippen LogP contribution in [0.2, 0.25) is 0 Å². The number of rotatable bonds is 5. The largest absolute Gasteiger partial charge is 0.388 e. The molecule has 0 spiro atoms. The third-order valence-electron chi connectivity index (χ3n) is 2.89. The molecule has 0 saturated heterocycles. The van der Waals surface area contributed by atoms with Gasteiger partial charge in [-0.3, -0.25) is 10.1 Å². The average Bonchev–Trinajstić information content (AvgIpc) is 2.30. The van der Waals surface area contributed by atoms with E-state index in [9.17, 15) is 19.6 Å². The van der Waals surface area contributed by atoms with E-state index in [2.05, 4.69) is 5.32 Å². The molecule has 2 N–H and O–H groups in total. The first-order valence-corrected chi connectivity index (χ1v) is 5.67. The number of hydrogen-bond donors (Lipinski definition) is 2. The van der Waals surface area contributed by atoms with Crippen molar-refractivity contribution in [1.29, 1.82) is 0 Å². The molecule has 0 bridgehead atoms. The fourth-order valence-electron chi connectivity index (χ4n) is 1.37. The van der Waals surface area contributed by atoms with Gasteiger partial charge in [0.2, 0.25) is 0 Å². The van der Waals surface area contributed by atoms with E-state index in [0.29, 0.717) is 12.0 Å². The molecule has 5 nitrogen and oxygen atoms in total. The van der Waals surface area contributed by atoms with E-state index >= 15 is 0 Å². The number of aliphatic hydroxyl groups is 1. The van der Waals surface area contributed by atoms with Gasteiger partial charge in [0.25, 0.3) is 5.69 Å². The monoisotopic (exact) mass is 256 g/mol. The number of nitrogens with zero attached hydrogens (tertiary/aromatic N) is 1. The highest BCUT2D eigenvalue weighted by molar-refractivity contribution is 5.63. The van der Waals surface area contributed by atoms with Gasteiger partial charge in [0, 0.05) is 6.54 Å². The molecule has 0 amide bonds. The van der Waals surface area contributed by atoms with Gasteiger partial charge in [0.05, 0.1) is 16.6 Å². The van der Waals surface area contributed by atoms with Crippen LogP contribution in [0.25, 0.3) is 0 Å². The van der Waals surface area contributed by atoms with Crippen molar-refractivity contribution in [2.75, 3.05) is 11.9 Å². The number of nitro groups is 1. The Morgan fingerprint density at radius 1 is 1.56 bits per heavy atom. The Balaban J connectivity index is 3.01. The third kappa shape index (κ3) is 3.40. The topological polar surface area (TPSA) is 75.4 Å². The highest BCUT2D eigenvalue weighted by Crippen LogP contribution is 2.28. The van der Waals surface area contributed by atoms with Gasteiger partial charge in [-0.05, 0) is 31.9 Å². The van der Waals surface area contributed by atoms with Crippen LogP contribution in [0.3, 0.4) is 0 Å². The maximum absolute atomic E-state index is 13.3. The van der Waals surface area contributed by atoms with Crippen LogP contribution in [0.15, 0.2) is 12.1 Å². The number of aryl methyl sites for hydroxylation is 1. The second-order valence-electron chi connectivity index (χ2n) is 4.58. The summed E-state index contributed by atoms with van der Waals surface area (Å²) in [7, 11) is 0. The molecule has 0 radical (unpaired) electrons. The molecule has 6 heteroatoms. The number of nitrogens with one attached hydrogen (secondary N) is 1. The molecule has 0 aliphatic carbocycles. The van der Waals surface area contributed by atoms with Crippen molar-refractivity contribution in [2.45, 2.75) is 32.8 Å². The normalized spacial score (nSPS) is 14.1. The van der Waals surface area contributed by atoms with Gasteiger partial charge in [-0.2, -0.15) is 0 Å². The van der Waals surface area contributed by atoms with Crippen molar-refractivity contribution < 1.29 is 14.4 Å². The lowest BCUT2D eigenvalue weighted by molar-refractivity contribution is -0.384. The summed E-state index contributed by atoms with van der Waals surface area (Å²) < 4.78 is 13.3. The Kier molecular flexibility index (Phi) is 4.24. The Hall–Kier alpha value is -1.69. The summed E-state index contributed by atoms with van der Waals surface area (Å²) in [6.07, 6.45) is 0.508. The molecule has 1 atom stereocenters. The van der Waals surface area contributed by atoms with Crippen molar-refractivity contribution in [1.82, 2.24) is 0 Å². The summed E-state index contributed by atoms with van der Waals surface area (Å²) >= 11 is 0. The molecule has 1 aromatic rings. The van der Waals surface area contributed by atoms with Gasteiger partial charge in [-0.1, -0.05) is 6.92 Å². The molecule has 0 aliphatic rings. The quantitative estimate of drug-likeness (QED) is 0.627. The number of benzene rings is 1. The number of halogens is 1. The van der Waals surface area contributed by atoms with E-state index in [1.54, 1.807) is 6.92 Å². The van der Waals surface area contributed by atoms with E-state index in [4.69, 9.17) is 0 Å². The Morgan fingerprint density at radius 2 is 2.17 bits per heavy atom. The van der Waals surface area contributed by atoms with E-state index in [1.165, 1.54) is 13.0 Å². The highest BCUT2D eigenvalue weighted by Gasteiger charge is 2.21. The fraction of sp³-hybridized carbons (Fsp3) is 0.500. The Morgan fingerprint density at radius 3 is 2.67 bits per heavy atom. The van der Waals surface area contributed by atoms with Gasteiger partial charge in [0.15, 0.2) is 0 Å². The zero-order chi connectivity index (χ0) is 13.9. The number of nitro benzene ring substituents is 1. The van der Waals surface area contributed by atoms with E-state index < -0.39 is 16.3 Å². The zero-order valence-electron chi connectivity index (χ0n) is 10.7.